The van der Waals surface area contributed by atoms with Crippen molar-refractivity contribution in [2.45, 2.75) is 24.8 Å². The van der Waals surface area contributed by atoms with Crippen LogP contribution in [0.1, 0.15) is 34.5 Å². The summed E-state index contributed by atoms with van der Waals surface area (Å²) in [6.45, 7) is 0. The molecule has 0 bridgehead atoms. The summed E-state index contributed by atoms with van der Waals surface area (Å²) < 4.78 is 19.6. The van der Waals surface area contributed by atoms with Gasteiger partial charge in [-0.2, -0.15) is 10.4 Å². The Balaban J connectivity index is 1.24. The van der Waals surface area contributed by atoms with Crippen LogP contribution in [0, 0.1) is 17.1 Å². The van der Waals surface area contributed by atoms with E-state index in [-0.39, 0.29) is 5.82 Å². The first-order chi connectivity index (χ1) is 26.6. The summed E-state index contributed by atoms with van der Waals surface area (Å²) >= 11 is 1.68. The lowest BCUT2D eigenvalue weighted by Gasteiger charge is -2.36. The second-order valence-electron chi connectivity index (χ2n) is 13.2. The number of aryl methyl sites for hydroxylation is 1. The Labute approximate surface area is 316 Å². The number of hydrogen-bond donors (Lipinski definition) is 0. The van der Waals surface area contributed by atoms with Crippen LogP contribution in [0.3, 0.4) is 0 Å². The molecule has 0 unspecified atom stereocenters. The van der Waals surface area contributed by atoms with Crippen LogP contribution in [-0.4, -0.2) is 24.1 Å². The largest absolute Gasteiger partial charge is 0.299 e. The van der Waals surface area contributed by atoms with Crippen LogP contribution in [0.15, 0.2) is 164 Å². The third-order valence-electron chi connectivity index (χ3n) is 9.97. The summed E-state index contributed by atoms with van der Waals surface area (Å²) in [5, 5.41) is 15.5. The molecule has 0 aliphatic rings. The monoisotopic (exact) mass is 720 g/mol. The summed E-state index contributed by atoms with van der Waals surface area (Å²) in [6, 6.07) is 50.6. The molecule has 0 atom stereocenters. The average molecular weight is 721 g/mol. The smallest absolute Gasteiger partial charge is 0.138 e. The molecular formula is C46H33FN6S. The van der Waals surface area contributed by atoms with Crippen molar-refractivity contribution in [3.05, 3.63) is 192 Å². The van der Waals surface area contributed by atoms with Gasteiger partial charge < -0.3 is 0 Å². The Morgan fingerprint density at radius 1 is 0.704 bits per heavy atom. The van der Waals surface area contributed by atoms with E-state index in [0.29, 0.717) is 6.42 Å². The van der Waals surface area contributed by atoms with Crippen LogP contribution in [0.4, 0.5) is 4.39 Å². The number of pyridine rings is 1. The first kappa shape index (κ1) is 33.2. The van der Waals surface area contributed by atoms with Crippen molar-refractivity contribution in [2.24, 2.45) is 0 Å². The fourth-order valence-electron chi connectivity index (χ4n) is 7.42. The van der Waals surface area contributed by atoms with Crippen LogP contribution in [0.25, 0.3) is 49.5 Å². The fraction of sp³-hybridized carbons (Fsp3) is 0.0870. The molecule has 0 spiro atoms. The standard InChI is InChI=1S/C46H33FN6S/c47-38-23-19-32(20-24-38)45-39(31-53(51-45)46(35-12-4-1-5-13-35,36-14-6-2-7-15-36)37-16-8-3-9-17-37)34-22-26-43-49-29-41(52(43)30-34)33-21-25-40-42(28-33)54-44(50-40)18-10-11-27-48/h1-9,12-17,19-26,28-31H,10-11,18H2. The first-order valence-corrected chi connectivity index (χ1v) is 18.7. The molecule has 4 aromatic heterocycles. The van der Waals surface area contributed by atoms with Gasteiger partial charge in [-0.1, -0.05) is 97.1 Å². The number of nitrogens with zero attached hydrogens (tertiary/aromatic N) is 6. The molecule has 0 aliphatic carbocycles. The number of nitriles is 1. The maximum Gasteiger partial charge on any atom is 0.138 e. The van der Waals surface area contributed by atoms with E-state index >= 15 is 0 Å². The number of unbranched alkanes of at least 4 members (excludes halogenated alkanes) is 1. The number of thiazole rings is 1. The van der Waals surface area contributed by atoms with Gasteiger partial charge in [0.1, 0.15) is 22.7 Å². The molecule has 0 saturated carbocycles. The molecule has 9 rings (SSSR count). The summed E-state index contributed by atoms with van der Waals surface area (Å²) in [4.78, 5) is 9.58. The van der Waals surface area contributed by atoms with Crippen molar-refractivity contribution >= 4 is 27.2 Å². The van der Waals surface area contributed by atoms with E-state index in [1.165, 1.54) is 12.1 Å². The normalized spacial score (nSPS) is 11.6. The summed E-state index contributed by atoms with van der Waals surface area (Å²) in [6.07, 6.45) is 8.28. The number of benzene rings is 5. The lowest BCUT2D eigenvalue weighted by Crippen LogP contribution is -2.38. The average Bonchev–Trinajstić information content (AvgIpc) is 3.97. The van der Waals surface area contributed by atoms with E-state index in [4.69, 9.17) is 20.3 Å². The van der Waals surface area contributed by atoms with Crippen molar-refractivity contribution in [3.63, 3.8) is 0 Å². The molecule has 5 aromatic carbocycles. The van der Waals surface area contributed by atoms with Crippen molar-refractivity contribution < 1.29 is 4.39 Å². The van der Waals surface area contributed by atoms with Crippen molar-refractivity contribution in [2.75, 3.05) is 0 Å². The van der Waals surface area contributed by atoms with Crippen LogP contribution in [0.2, 0.25) is 0 Å². The maximum atomic E-state index is 14.3. The highest BCUT2D eigenvalue weighted by molar-refractivity contribution is 7.18. The van der Waals surface area contributed by atoms with Crippen LogP contribution >= 0.6 is 11.3 Å². The number of halogens is 1. The lowest BCUT2D eigenvalue weighted by atomic mass is 9.77. The van der Waals surface area contributed by atoms with E-state index in [0.717, 1.165) is 84.0 Å². The highest BCUT2D eigenvalue weighted by Crippen LogP contribution is 2.43. The summed E-state index contributed by atoms with van der Waals surface area (Å²) in [5.41, 5.74) is 9.48. The highest BCUT2D eigenvalue weighted by Gasteiger charge is 2.40. The van der Waals surface area contributed by atoms with Gasteiger partial charge in [-0.25, -0.2) is 14.4 Å². The minimum Gasteiger partial charge on any atom is -0.299 e. The maximum absolute atomic E-state index is 14.3. The molecule has 54 heavy (non-hydrogen) atoms. The molecule has 0 saturated heterocycles. The number of fused-ring (bicyclic) bond motifs is 2. The fourth-order valence-corrected chi connectivity index (χ4v) is 8.47. The van der Waals surface area contributed by atoms with E-state index in [9.17, 15) is 4.39 Å². The van der Waals surface area contributed by atoms with Gasteiger partial charge in [0.25, 0.3) is 0 Å². The molecule has 0 fully saturated rings. The van der Waals surface area contributed by atoms with Crippen molar-refractivity contribution in [1.82, 2.24) is 24.1 Å². The van der Waals surface area contributed by atoms with Gasteiger partial charge in [0, 0.05) is 47.5 Å². The Hall–Kier alpha value is -6.69. The molecule has 0 radical (unpaired) electrons. The quantitative estimate of drug-likeness (QED) is 0.104. The Morgan fingerprint density at radius 3 is 1.98 bits per heavy atom. The zero-order valence-electron chi connectivity index (χ0n) is 29.2. The van der Waals surface area contributed by atoms with Gasteiger partial charge in [-0.05, 0) is 71.6 Å². The Kier molecular flexibility index (Phi) is 8.62. The predicted octanol–water partition coefficient (Wildman–Crippen LogP) is 11.0. The van der Waals surface area contributed by atoms with Crippen molar-refractivity contribution in [1.29, 1.82) is 5.26 Å². The van der Waals surface area contributed by atoms with Crippen LogP contribution in [0.5, 0.6) is 0 Å². The van der Waals surface area contributed by atoms with Crippen LogP contribution < -0.4 is 0 Å². The Bertz CT molecular complexity index is 2670. The second-order valence-corrected chi connectivity index (χ2v) is 14.4. The molecule has 6 nitrogen and oxygen atoms in total. The molecule has 0 amide bonds. The molecule has 260 valence electrons. The van der Waals surface area contributed by atoms with E-state index < -0.39 is 5.54 Å². The molecule has 9 aromatic rings. The molecule has 4 heterocycles. The topological polar surface area (TPSA) is 71.8 Å². The SMILES string of the molecule is N#CCCCc1nc2ccc(-c3cnc4ccc(-c5cn(C(c6ccccc6)(c6ccccc6)c6ccccc6)nc5-c5ccc(F)cc5)cn34)cc2s1. The van der Waals surface area contributed by atoms with E-state index in [2.05, 4.69) is 125 Å². The minimum absolute atomic E-state index is 0.302. The summed E-state index contributed by atoms with van der Waals surface area (Å²) in [7, 11) is 0. The second kappa shape index (κ2) is 14.0. The zero-order valence-corrected chi connectivity index (χ0v) is 30.0. The number of imidazole rings is 1. The highest BCUT2D eigenvalue weighted by atomic mass is 32.1. The zero-order chi connectivity index (χ0) is 36.5. The van der Waals surface area contributed by atoms with Gasteiger partial charge in [0.05, 0.1) is 33.2 Å². The molecular weight excluding hydrogens is 688 g/mol. The van der Waals surface area contributed by atoms with Gasteiger partial charge in [-0.3, -0.25) is 9.08 Å². The van der Waals surface area contributed by atoms with Crippen molar-refractivity contribution in [3.8, 4) is 39.7 Å². The van der Waals surface area contributed by atoms with Gasteiger partial charge in [0.15, 0.2) is 0 Å². The van der Waals surface area contributed by atoms with E-state index in [1.807, 2.05) is 30.5 Å². The van der Waals surface area contributed by atoms with Gasteiger partial charge in [-0.15, -0.1) is 11.3 Å². The lowest BCUT2D eigenvalue weighted by molar-refractivity contribution is 0.461. The first-order valence-electron chi connectivity index (χ1n) is 17.9. The number of hydrogen-bond acceptors (Lipinski definition) is 5. The third kappa shape index (κ3) is 5.85. The molecule has 0 N–H and O–H groups in total. The Morgan fingerprint density at radius 2 is 1.33 bits per heavy atom. The predicted molar refractivity (Wildman–Crippen MR) is 214 cm³/mol. The minimum atomic E-state index is -0.835. The molecule has 0 aliphatic heterocycles. The summed E-state index contributed by atoms with van der Waals surface area (Å²) in [5.74, 6) is -0.302. The van der Waals surface area contributed by atoms with Crippen LogP contribution in [-0.2, 0) is 12.0 Å². The number of aromatic nitrogens is 5. The van der Waals surface area contributed by atoms with Gasteiger partial charge >= 0.3 is 0 Å². The van der Waals surface area contributed by atoms with E-state index in [1.54, 1.807) is 23.5 Å². The third-order valence-corrected chi connectivity index (χ3v) is 11.1. The number of rotatable bonds is 10. The van der Waals surface area contributed by atoms with Gasteiger partial charge in [0.2, 0.25) is 0 Å². The molecule has 8 heteroatoms.